The molecule has 33 heavy (non-hydrogen) atoms. The van der Waals surface area contributed by atoms with Crippen molar-refractivity contribution >= 4 is 5.97 Å². The highest BCUT2D eigenvalue weighted by Gasteiger charge is 2.39. The van der Waals surface area contributed by atoms with Gasteiger partial charge < -0.3 is 10.5 Å². The predicted molar refractivity (Wildman–Crippen MR) is 114 cm³/mol. The van der Waals surface area contributed by atoms with Crippen molar-refractivity contribution < 1.29 is 22.7 Å². The number of rotatable bonds is 4. The smallest absolute Gasteiger partial charge is 0.416 e. The second-order valence-electron chi connectivity index (χ2n) is 8.62. The zero-order valence-corrected chi connectivity index (χ0v) is 18.2. The Balaban J connectivity index is 1.89. The first-order valence-electron chi connectivity index (χ1n) is 11.1. The van der Waals surface area contributed by atoms with Crippen LogP contribution in [0.3, 0.4) is 0 Å². The maximum Gasteiger partial charge on any atom is 0.416 e. The van der Waals surface area contributed by atoms with Gasteiger partial charge >= 0.3 is 17.8 Å². The Bertz CT molecular complexity index is 1180. The zero-order chi connectivity index (χ0) is 23.9. The van der Waals surface area contributed by atoms with Crippen molar-refractivity contribution in [2.45, 2.75) is 69.8 Å². The molecular weight excluding hydrogens is 439 g/mol. The lowest BCUT2D eigenvalue weighted by Gasteiger charge is -2.29. The Morgan fingerprint density at radius 2 is 1.85 bits per heavy atom. The van der Waals surface area contributed by atoms with Gasteiger partial charge in [0.15, 0.2) is 0 Å². The third-order valence-electron chi connectivity index (χ3n) is 6.63. The number of carbonyl (C=O) groups is 1. The van der Waals surface area contributed by atoms with Gasteiger partial charge in [-0.15, -0.1) is 0 Å². The average molecular weight is 465 g/mol. The molecule has 0 bridgehead atoms. The Kier molecular flexibility index (Phi) is 6.22. The molecule has 2 aromatic rings. The summed E-state index contributed by atoms with van der Waals surface area (Å²) >= 11 is 0. The molecule has 0 aliphatic heterocycles. The largest absolute Gasteiger partial charge is 0.462 e. The first kappa shape index (κ1) is 23.3. The number of carbonyl (C=O) groups excluding carboxylic acids is 1. The molecule has 7 nitrogen and oxygen atoms in total. The van der Waals surface area contributed by atoms with E-state index in [-0.39, 0.29) is 48.2 Å². The van der Waals surface area contributed by atoms with Gasteiger partial charge in [-0.25, -0.2) is 9.59 Å². The van der Waals surface area contributed by atoms with E-state index in [9.17, 15) is 27.6 Å². The van der Waals surface area contributed by atoms with Crippen LogP contribution in [-0.4, -0.2) is 27.8 Å². The van der Waals surface area contributed by atoms with Crippen molar-refractivity contribution in [2.24, 2.45) is 5.73 Å². The lowest BCUT2D eigenvalue weighted by molar-refractivity contribution is -0.138. The Hall–Kier alpha value is -2.88. The van der Waals surface area contributed by atoms with E-state index in [0.717, 1.165) is 10.6 Å². The van der Waals surface area contributed by atoms with Gasteiger partial charge in [0.05, 0.1) is 18.2 Å². The van der Waals surface area contributed by atoms with Crippen LogP contribution in [0, 0.1) is 0 Å². The lowest BCUT2D eigenvalue weighted by Crippen LogP contribution is -2.46. The highest BCUT2D eigenvalue weighted by molar-refractivity contribution is 5.88. The van der Waals surface area contributed by atoms with Gasteiger partial charge in [0, 0.05) is 18.3 Å². The highest BCUT2D eigenvalue weighted by atomic mass is 19.4. The molecule has 2 N–H and O–H groups in total. The SMILES string of the molecule is CCOC(=O)c1cn([C@H]2CC[C@H](N)CC2)c(=O)n([C@@H]2CCc3c2cccc3C(F)(F)F)c1=O. The van der Waals surface area contributed by atoms with Gasteiger partial charge in [-0.2, -0.15) is 13.2 Å². The van der Waals surface area contributed by atoms with E-state index in [1.165, 1.54) is 22.9 Å². The van der Waals surface area contributed by atoms with E-state index in [2.05, 4.69) is 0 Å². The summed E-state index contributed by atoms with van der Waals surface area (Å²) in [6, 6.07) is 2.65. The van der Waals surface area contributed by atoms with E-state index >= 15 is 0 Å². The summed E-state index contributed by atoms with van der Waals surface area (Å²) in [5.74, 6) is -0.861. The molecule has 1 saturated carbocycles. The number of esters is 1. The van der Waals surface area contributed by atoms with Gasteiger partial charge in [0.1, 0.15) is 5.56 Å². The molecule has 0 unspecified atom stereocenters. The van der Waals surface area contributed by atoms with Crippen LogP contribution in [-0.2, 0) is 17.3 Å². The Labute approximate surface area is 188 Å². The molecule has 1 atom stereocenters. The third-order valence-corrected chi connectivity index (χ3v) is 6.63. The first-order valence-corrected chi connectivity index (χ1v) is 11.1. The molecule has 1 fully saturated rings. The molecule has 1 aromatic carbocycles. The van der Waals surface area contributed by atoms with Crippen molar-refractivity contribution in [1.29, 1.82) is 0 Å². The van der Waals surface area contributed by atoms with Crippen LogP contribution < -0.4 is 17.0 Å². The van der Waals surface area contributed by atoms with Crippen LogP contribution >= 0.6 is 0 Å². The maximum absolute atomic E-state index is 13.5. The van der Waals surface area contributed by atoms with Crippen LogP contribution in [0.4, 0.5) is 13.2 Å². The summed E-state index contributed by atoms with van der Waals surface area (Å²) in [6.07, 6.45) is -0.509. The summed E-state index contributed by atoms with van der Waals surface area (Å²) < 4.78 is 47.9. The number of benzene rings is 1. The van der Waals surface area contributed by atoms with Crippen LogP contribution in [0.15, 0.2) is 34.0 Å². The average Bonchev–Trinajstić information content (AvgIpc) is 3.18. The fourth-order valence-corrected chi connectivity index (χ4v) is 5.02. The lowest BCUT2D eigenvalue weighted by atomic mass is 9.91. The normalized spacial score (nSPS) is 22.8. The quantitative estimate of drug-likeness (QED) is 0.700. The number of hydrogen-bond acceptors (Lipinski definition) is 5. The van der Waals surface area contributed by atoms with Gasteiger partial charge in [-0.05, 0) is 62.6 Å². The topological polar surface area (TPSA) is 96.3 Å². The number of halogens is 3. The summed E-state index contributed by atoms with van der Waals surface area (Å²) in [5.41, 5.74) is 3.79. The summed E-state index contributed by atoms with van der Waals surface area (Å²) in [4.78, 5) is 39.3. The van der Waals surface area contributed by atoms with Crippen LogP contribution in [0.25, 0.3) is 0 Å². The van der Waals surface area contributed by atoms with Gasteiger partial charge in [0.25, 0.3) is 5.56 Å². The molecule has 1 heterocycles. The number of fused-ring (bicyclic) bond motifs is 1. The molecular formula is C23H26F3N3O4. The molecule has 178 valence electrons. The van der Waals surface area contributed by atoms with E-state index in [1.807, 2.05) is 0 Å². The van der Waals surface area contributed by atoms with E-state index in [0.29, 0.717) is 25.7 Å². The van der Waals surface area contributed by atoms with E-state index < -0.39 is 35.0 Å². The Morgan fingerprint density at radius 3 is 2.48 bits per heavy atom. The molecule has 0 radical (unpaired) electrons. The van der Waals surface area contributed by atoms with Crippen molar-refractivity contribution in [3.8, 4) is 0 Å². The van der Waals surface area contributed by atoms with Crippen LogP contribution in [0.2, 0.25) is 0 Å². The fraction of sp³-hybridized carbons (Fsp3) is 0.522. The number of nitrogens with two attached hydrogens (primary N) is 1. The van der Waals surface area contributed by atoms with E-state index in [4.69, 9.17) is 10.5 Å². The summed E-state index contributed by atoms with van der Waals surface area (Å²) in [7, 11) is 0. The minimum Gasteiger partial charge on any atom is -0.462 e. The fourth-order valence-electron chi connectivity index (χ4n) is 5.02. The standard InChI is InChI=1S/C23H26F3N3O4/c1-2-33-21(31)17-12-28(14-8-6-13(27)7-9-14)22(32)29(20(17)30)19-11-10-15-16(19)4-3-5-18(15)23(24,25)26/h3-5,12-14,19H,2,6-11,27H2,1H3/t13-,14-,19-/m1/s1. The minimum atomic E-state index is -4.54. The molecule has 0 spiro atoms. The minimum absolute atomic E-state index is 0.0230. The molecule has 0 amide bonds. The number of hydrogen-bond donors (Lipinski definition) is 1. The number of nitrogens with zero attached hydrogens (tertiary/aromatic N) is 2. The van der Waals surface area contributed by atoms with Gasteiger partial charge in [0.2, 0.25) is 0 Å². The Morgan fingerprint density at radius 1 is 1.15 bits per heavy atom. The van der Waals surface area contributed by atoms with Crippen LogP contribution in [0.5, 0.6) is 0 Å². The molecule has 0 saturated heterocycles. The number of alkyl halides is 3. The molecule has 10 heteroatoms. The summed E-state index contributed by atoms with van der Waals surface area (Å²) in [5, 5.41) is 0. The van der Waals surface area contributed by atoms with Crippen molar-refractivity contribution in [2.75, 3.05) is 6.61 Å². The van der Waals surface area contributed by atoms with E-state index in [1.54, 1.807) is 6.92 Å². The summed E-state index contributed by atoms with van der Waals surface area (Å²) in [6.45, 7) is 1.64. The molecule has 2 aliphatic carbocycles. The molecule has 4 rings (SSSR count). The maximum atomic E-state index is 13.5. The predicted octanol–water partition coefficient (Wildman–Crippen LogP) is 3.18. The van der Waals surface area contributed by atoms with Gasteiger partial charge in [-0.1, -0.05) is 12.1 Å². The third kappa shape index (κ3) is 4.23. The highest BCUT2D eigenvalue weighted by Crippen LogP contribution is 2.41. The van der Waals surface area contributed by atoms with Crippen molar-refractivity contribution in [1.82, 2.24) is 9.13 Å². The molecule has 2 aliphatic rings. The zero-order valence-electron chi connectivity index (χ0n) is 18.2. The van der Waals surface area contributed by atoms with Gasteiger partial charge in [-0.3, -0.25) is 13.9 Å². The second kappa shape index (κ2) is 8.81. The van der Waals surface area contributed by atoms with Crippen molar-refractivity contribution in [3.63, 3.8) is 0 Å². The number of ether oxygens (including phenoxy) is 1. The monoisotopic (exact) mass is 465 g/mol. The van der Waals surface area contributed by atoms with Crippen LogP contribution in [0.1, 0.15) is 78.2 Å². The molecule has 1 aromatic heterocycles. The van der Waals surface area contributed by atoms with Crippen molar-refractivity contribution in [3.05, 3.63) is 67.5 Å². The number of aromatic nitrogens is 2. The first-order chi connectivity index (χ1) is 15.6. The second-order valence-corrected chi connectivity index (χ2v) is 8.62.